The summed E-state index contributed by atoms with van der Waals surface area (Å²) in [5, 5.41) is 12.3. The molecule has 2 aliphatic carbocycles. The Balaban J connectivity index is 1.14. The van der Waals surface area contributed by atoms with E-state index in [1.54, 1.807) is 6.33 Å². The van der Waals surface area contributed by atoms with Crippen LogP contribution in [0.1, 0.15) is 48.6 Å². The maximum Gasteiger partial charge on any atom is 0.151 e. The van der Waals surface area contributed by atoms with E-state index in [0.717, 1.165) is 44.1 Å². The molecule has 3 heterocycles. The maximum atomic E-state index is 4.43. The van der Waals surface area contributed by atoms with Crippen LogP contribution in [0, 0.1) is 5.92 Å². The quantitative estimate of drug-likeness (QED) is 0.905. The van der Waals surface area contributed by atoms with Crippen molar-refractivity contribution >= 4 is 11.6 Å². The smallest absolute Gasteiger partial charge is 0.151 e. The molecule has 0 atom stereocenters. The predicted octanol–water partition coefficient (Wildman–Crippen LogP) is 2.57. The fourth-order valence-electron chi connectivity index (χ4n) is 4.00. The first-order valence-electron chi connectivity index (χ1n) is 9.51. The Morgan fingerprint density at radius 1 is 1.04 bits per heavy atom. The fraction of sp³-hybridized carbons (Fsp3) is 0.579. The minimum Gasteiger partial charge on any atom is -0.370 e. The highest BCUT2D eigenvalue weighted by Crippen LogP contribution is 2.35. The topological polar surface area (TPSA) is 66.8 Å². The fourth-order valence-corrected chi connectivity index (χ4v) is 4.00. The van der Waals surface area contributed by atoms with E-state index in [2.05, 4.69) is 42.5 Å². The number of aromatic nitrogens is 4. The molecule has 2 aromatic heterocycles. The van der Waals surface area contributed by atoms with Gasteiger partial charge in [0.1, 0.15) is 12.1 Å². The Kier molecular flexibility index (Phi) is 3.76. The van der Waals surface area contributed by atoms with E-state index in [9.17, 15) is 0 Å². The average molecular weight is 336 g/mol. The minimum absolute atomic E-state index is 0.636. The van der Waals surface area contributed by atoms with Crippen LogP contribution in [0.5, 0.6) is 0 Å². The molecule has 0 radical (unpaired) electrons. The first-order valence-corrected chi connectivity index (χ1v) is 9.51. The monoisotopic (exact) mass is 336 g/mol. The van der Waals surface area contributed by atoms with Gasteiger partial charge in [0.15, 0.2) is 5.82 Å². The maximum absolute atomic E-state index is 4.43. The molecule has 5 rings (SSSR count). The molecule has 3 aliphatic rings. The van der Waals surface area contributed by atoms with Crippen molar-refractivity contribution in [3.63, 3.8) is 0 Å². The zero-order chi connectivity index (χ0) is 16.6. The molecule has 25 heavy (non-hydrogen) atoms. The third-order valence-electron chi connectivity index (χ3n) is 5.87. The molecular weight excluding hydrogens is 312 g/mol. The number of nitrogens with one attached hydrogen (secondary N) is 1. The second-order valence-electron chi connectivity index (χ2n) is 7.64. The third-order valence-corrected chi connectivity index (χ3v) is 5.87. The summed E-state index contributed by atoms with van der Waals surface area (Å²) in [6.45, 7) is 3.04. The van der Waals surface area contributed by atoms with Crippen molar-refractivity contribution < 1.29 is 0 Å². The van der Waals surface area contributed by atoms with Gasteiger partial charge in [0, 0.05) is 43.2 Å². The summed E-state index contributed by atoms with van der Waals surface area (Å²) in [6.07, 6.45) is 9.06. The lowest BCUT2D eigenvalue weighted by atomic mass is 9.83. The molecule has 2 aromatic rings. The lowest BCUT2D eigenvalue weighted by Gasteiger charge is -2.40. The van der Waals surface area contributed by atoms with E-state index in [-0.39, 0.29) is 0 Å². The number of fused-ring (bicyclic) bond motifs is 1. The van der Waals surface area contributed by atoms with Crippen LogP contribution in [0.15, 0.2) is 18.5 Å². The van der Waals surface area contributed by atoms with Gasteiger partial charge in [-0.15, -0.1) is 5.10 Å². The number of anilines is 2. The Morgan fingerprint density at radius 3 is 2.80 bits per heavy atom. The molecule has 0 aromatic carbocycles. The number of nitrogens with zero attached hydrogens (tertiary/aromatic N) is 5. The van der Waals surface area contributed by atoms with Crippen LogP contribution in [-0.4, -0.2) is 39.8 Å². The summed E-state index contributed by atoms with van der Waals surface area (Å²) < 4.78 is 0. The van der Waals surface area contributed by atoms with Crippen LogP contribution in [0.4, 0.5) is 11.6 Å². The van der Waals surface area contributed by atoms with E-state index in [1.807, 2.05) is 0 Å². The SMILES string of the molecule is c1nc(NCC2CN(c3cc4c(nn3)CCC4)C2)cc(C2CCC2)n1. The lowest BCUT2D eigenvalue weighted by molar-refractivity contribution is 0.410. The van der Waals surface area contributed by atoms with Gasteiger partial charge >= 0.3 is 0 Å². The largest absolute Gasteiger partial charge is 0.370 e. The summed E-state index contributed by atoms with van der Waals surface area (Å²) in [7, 11) is 0. The normalized spacial score (nSPS) is 20.1. The Morgan fingerprint density at radius 2 is 1.96 bits per heavy atom. The van der Waals surface area contributed by atoms with E-state index >= 15 is 0 Å². The Labute approximate surface area is 148 Å². The van der Waals surface area contributed by atoms with E-state index in [4.69, 9.17) is 0 Å². The van der Waals surface area contributed by atoms with Crippen LogP contribution in [-0.2, 0) is 12.8 Å². The number of rotatable bonds is 5. The van der Waals surface area contributed by atoms with Crippen LogP contribution in [0.3, 0.4) is 0 Å². The van der Waals surface area contributed by atoms with E-state index < -0.39 is 0 Å². The highest BCUT2D eigenvalue weighted by atomic mass is 15.3. The molecule has 1 N–H and O–H groups in total. The number of aryl methyl sites for hydroxylation is 2. The van der Waals surface area contributed by atoms with Gasteiger partial charge in [0.05, 0.1) is 5.69 Å². The van der Waals surface area contributed by atoms with Crippen LogP contribution in [0.2, 0.25) is 0 Å². The first-order chi connectivity index (χ1) is 12.3. The Hall–Kier alpha value is -2.24. The number of hydrogen-bond acceptors (Lipinski definition) is 6. The molecule has 2 fully saturated rings. The molecule has 1 saturated heterocycles. The van der Waals surface area contributed by atoms with Gasteiger partial charge in [-0.1, -0.05) is 6.42 Å². The van der Waals surface area contributed by atoms with Crippen molar-refractivity contribution in [2.45, 2.75) is 44.4 Å². The van der Waals surface area contributed by atoms with E-state index in [0.29, 0.717) is 11.8 Å². The summed E-state index contributed by atoms with van der Waals surface area (Å²) >= 11 is 0. The molecular formula is C19H24N6. The molecule has 0 bridgehead atoms. The highest BCUT2D eigenvalue weighted by molar-refractivity contribution is 5.45. The van der Waals surface area contributed by atoms with E-state index in [1.165, 1.54) is 42.6 Å². The molecule has 130 valence electrons. The van der Waals surface area contributed by atoms with Gasteiger partial charge in [0.25, 0.3) is 0 Å². The highest BCUT2D eigenvalue weighted by Gasteiger charge is 2.29. The van der Waals surface area contributed by atoms with Gasteiger partial charge in [-0.25, -0.2) is 9.97 Å². The third kappa shape index (κ3) is 2.94. The second-order valence-corrected chi connectivity index (χ2v) is 7.64. The van der Waals surface area contributed by atoms with Gasteiger partial charge in [-0.3, -0.25) is 0 Å². The standard InChI is InChI=1S/C19H24N6/c1-3-14(4-1)17-8-18(22-12-21-17)20-9-13-10-25(11-13)19-7-15-5-2-6-16(15)23-24-19/h7-8,12-14H,1-6,9-11H2,(H,20,21,22). The van der Waals surface area contributed by atoms with Crippen LogP contribution >= 0.6 is 0 Å². The van der Waals surface area contributed by atoms with Gasteiger partial charge in [-0.2, -0.15) is 5.10 Å². The molecule has 1 saturated carbocycles. The van der Waals surface area contributed by atoms with Crippen LogP contribution < -0.4 is 10.2 Å². The molecule has 0 unspecified atom stereocenters. The van der Waals surface area contributed by atoms with Crippen molar-refractivity contribution in [1.29, 1.82) is 0 Å². The molecule has 6 heteroatoms. The van der Waals surface area contributed by atoms with Crippen molar-refractivity contribution in [3.05, 3.63) is 35.4 Å². The van der Waals surface area contributed by atoms with Gasteiger partial charge < -0.3 is 10.2 Å². The second kappa shape index (κ2) is 6.24. The van der Waals surface area contributed by atoms with Crippen molar-refractivity contribution in [2.75, 3.05) is 29.9 Å². The average Bonchev–Trinajstić information content (AvgIpc) is 3.00. The minimum atomic E-state index is 0.636. The summed E-state index contributed by atoms with van der Waals surface area (Å²) in [5.74, 6) is 3.30. The molecule has 6 nitrogen and oxygen atoms in total. The predicted molar refractivity (Wildman–Crippen MR) is 96.9 cm³/mol. The van der Waals surface area contributed by atoms with Gasteiger partial charge in [0.2, 0.25) is 0 Å². The summed E-state index contributed by atoms with van der Waals surface area (Å²) in [6, 6.07) is 4.38. The van der Waals surface area contributed by atoms with Crippen LogP contribution in [0.25, 0.3) is 0 Å². The first kappa shape index (κ1) is 15.0. The van der Waals surface area contributed by atoms with Crippen molar-refractivity contribution in [3.8, 4) is 0 Å². The molecule has 0 amide bonds. The summed E-state index contributed by atoms with van der Waals surface area (Å²) in [5.41, 5.74) is 3.80. The summed E-state index contributed by atoms with van der Waals surface area (Å²) in [4.78, 5) is 11.1. The zero-order valence-electron chi connectivity index (χ0n) is 14.5. The number of hydrogen-bond donors (Lipinski definition) is 1. The van der Waals surface area contributed by atoms with Crippen molar-refractivity contribution in [1.82, 2.24) is 20.2 Å². The Bertz CT molecular complexity index is 766. The van der Waals surface area contributed by atoms with Crippen molar-refractivity contribution in [2.24, 2.45) is 5.92 Å². The zero-order valence-corrected chi connectivity index (χ0v) is 14.5. The van der Waals surface area contributed by atoms with Gasteiger partial charge in [-0.05, 0) is 43.7 Å². The lowest BCUT2D eigenvalue weighted by Crippen LogP contribution is -2.50. The molecule has 0 spiro atoms. The molecule has 1 aliphatic heterocycles.